The molecular formula is C16H16BrF2N. The predicted octanol–water partition coefficient (Wildman–Crippen LogP) is 4.27. The lowest BCUT2D eigenvalue weighted by atomic mass is 9.92. The SMILES string of the molecule is CNCC(Cc1ccc(F)c(Br)c1)c1cccc(F)c1. The van der Waals surface area contributed by atoms with Gasteiger partial charge in [-0.15, -0.1) is 0 Å². The maximum atomic E-state index is 13.3. The van der Waals surface area contributed by atoms with Crippen molar-refractivity contribution < 1.29 is 8.78 Å². The lowest BCUT2D eigenvalue weighted by Gasteiger charge is -2.17. The fourth-order valence-electron chi connectivity index (χ4n) is 2.27. The van der Waals surface area contributed by atoms with Gasteiger partial charge in [0.15, 0.2) is 0 Å². The second-order valence-electron chi connectivity index (χ2n) is 4.76. The molecule has 0 aliphatic rings. The molecule has 0 aromatic heterocycles. The first-order valence-corrected chi connectivity index (χ1v) is 7.23. The molecule has 0 saturated carbocycles. The quantitative estimate of drug-likeness (QED) is 0.857. The molecule has 4 heteroatoms. The summed E-state index contributed by atoms with van der Waals surface area (Å²) < 4.78 is 27.1. The Morgan fingerprint density at radius 3 is 2.60 bits per heavy atom. The summed E-state index contributed by atoms with van der Waals surface area (Å²) in [4.78, 5) is 0. The van der Waals surface area contributed by atoms with Crippen molar-refractivity contribution in [2.75, 3.05) is 13.6 Å². The second kappa shape index (κ2) is 6.95. The number of halogens is 3. The molecule has 1 N–H and O–H groups in total. The zero-order valence-electron chi connectivity index (χ0n) is 11.2. The molecule has 2 aromatic rings. The third-order valence-electron chi connectivity index (χ3n) is 3.24. The average molecular weight is 340 g/mol. The van der Waals surface area contributed by atoms with E-state index in [1.165, 1.54) is 12.1 Å². The molecule has 0 fully saturated rings. The topological polar surface area (TPSA) is 12.0 Å². The summed E-state index contributed by atoms with van der Waals surface area (Å²) in [6.07, 6.45) is 0.725. The monoisotopic (exact) mass is 339 g/mol. The van der Waals surface area contributed by atoms with E-state index in [4.69, 9.17) is 0 Å². The highest BCUT2D eigenvalue weighted by Gasteiger charge is 2.13. The van der Waals surface area contributed by atoms with Gasteiger partial charge in [0.1, 0.15) is 11.6 Å². The van der Waals surface area contributed by atoms with Gasteiger partial charge in [-0.1, -0.05) is 18.2 Å². The molecule has 0 spiro atoms. The van der Waals surface area contributed by atoms with E-state index in [1.54, 1.807) is 24.3 Å². The number of rotatable bonds is 5. The van der Waals surface area contributed by atoms with Gasteiger partial charge in [0.25, 0.3) is 0 Å². The minimum Gasteiger partial charge on any atom is -0.319 e. The summed E-state index contributed by atoms with van der Waals surface area (Å²) in [5.41, 5.74) is 1.96. The highest BCUT2D eigenvalue weighted by Crippen LogP contribution is 2.24. The van der Waals surface area contributed by atoms with Crippen LogP contribution in [0.5, 0.6) is 0 Å². The van der Waals surface area contributed by atoms with E-state index in [-0.39, 0.29) is 17.6 Å². The lowest BCUT2D eigenvalue weighted by Crippen LogP contribution is -2.19. The van der Waals surface area contributed by atoms with Crippen molar-refractivity contribution in [1.82, 2.24) is 5.32 Å². The maximum Gasteiger partial charge on any atom is 0.137 e. The Labute approximate surface area is 126 Å². The van der Waals surface area contributed by atoms with E-state index in [2.05, 4.69) is 21.2 Å². The normalized spacial score (nSPS) is 12.4. The van der Waals surface area contributed by atoms with Gasteiger partial charge in [0.2, 0.25) is 0 Å². The summed E-state index contributed by atoms with van der Waals surface area (Å²) in [5.74, 6) is -0.360. The molecular weight excluding hydrogens is 324 g/mol. The Kier molecular flexibility index (Phi) is 5.26. The zero-order chi connectivity index (χ0) is 14.5. The van der Waals surface area contributed by atoms with Crippen LogP contribution >= 0.6 is 15.9 Å². The number of hydrogen-bond donors (Lipinski definition) is 1. The number of nitrogens with one attached hydrogen (secondary N) is 1. The van der Waals surface area contributed by atoms with Crippen molar-refractivity contribution in [3.63, 3.8) is 0 Å². The molecule has 2 aromatic carbocycles. The Morgan fingerprint density at radius 2 is 1.95 bits per heavy atom. The first kappa shape index (κ1) is 15.1. The molecule has 0 heterocycles. The van der Waals surface area contributed by atoms with Crippen molar-refractivity contribution in [2.24, 2.45) is 0 Å². The fraction of sp³-hybridized carbons (Fsp3) is 0.250. The van der Waals surface area contributed by atoms with Crippen molar-refractivity contribution in [2.45, 2.75) is 12.3 Å². The third kappa shape index (κ3) is 3.87. The molecule has 106 valence electrons. The summed E-state index contributed by atoms with van der Waals surface area (Å²) in [6.45, 7) is 0.735. The van der Waals surface area contributed by atoms with Gasteiger partial charge in [-0.25, -0.2) is 8.78 Å². The summed E-state index contributed by atoms with van der Waals surface area (Å²) in [5, 5.41) is 3.12. The van der Waals surface area contributed by atoms with Crippen LogP contribution in [0.25, 0.3) is 0 Å². The lowest BCUT2D eigenvalue weighted by molar-refractivity contribution is 0.598. The first-order valence-electron chi connectivity index (χ1n) is 6.44. The van der Waals surface area contributed by atoms with Gasteiger partial charge in [0, 0.05) is 12.5 Å². The smallest absolute Gasteiger partial charge is 0.137 e. The van der Waals surface area contributed by atoms with Gasteiger partial charge in [0.05, 0.1) is 4.47 Å². The van der Waals surface area contributed by atoms with Crippen LogP contribution in [0.4, 0.5) is 8.78 Å². The molecule has 0 radical (unpaired) electrons. The third-order valence-corrected chi connectivity index (χ3v) is 3.84. The van der Waals surface area contributed by atoms with E-state index in [0.29, 0.717) is 4.47 Å². The second-order valence-corrected chi connectivity index (χ2v) is 5.62. The average Bonchev–Trinajstić information content (AvgIpc) is 2.42. The van der Waals surface area contributed by atoms with Crippen LogP contribution in [-0.2, 0) is 6.42 Å². The van der Waals surface area contributed by atoms with Crippen LogP contribution in [0.15, 0.2) is 46.9 Å². The Hall–Kier alpha value is -1.26. The minimum absolute atomic E-state index is 0.146. The number of benzene rings is 2. The molecule has 1 nitrogen and oxygen atoms in total. The van der Waals surface area contributed by atoms with Gasteiger partial charge < -0.3 is 5.32 Å². The van der Waals surface area contributed by atoms with Gasteiger partial charge in [-0.3, -0.25) is 0 Å². The Morgan fingerprint density at radius 1 is 1.15 bits per heavy atom. The van der Waals surface area contributed by atoms with Gasteiger partial charge in [-0.2, -0.15) is 0 Å². The van der Waals surface area contributed by atoms with Crippen LogP contribution in [0.2, 0.25) is 0 Å². The van der Waals surface area contributed by atoms with E-state index >= 15 is 0 Å². The molecule has 0 aliphatic heterocycles. The van der Waals surface area contributed by atoms with Crippen LogP contribution in [0.1, 0.15) is 17.0 Å². The summed E-state index contributed by atoms with van der Waals surface area (Å²) >= 11 is 3.19. The van der Waals surface area contributed by atoms with E-state index in [1.807, 2.05) is 13.1 Å². The maximum absolute atomic E-state index is 13.3. The minimum atomic E-state index is -0.273. The van der Waals surface area contributed by atoms with E-state index in [9.17, 15) is 8.78 Å². The standard InChI is InChI=1S/C16H16BrF2N/c1-20-10-13(12-3-2-4-14(18)9-12)7-11-5-6-16(19)15(17)8-11/h2-6,8-9,13,20H,7,10H2,1H3. The largest absolute Gasteiger partial charge is 0.319 e. The fourth-order valence-corrected chi connectivity index (χ4v) is 2.69. The summed E-state index contributed by atoms with van der Waals surface area (Å²) in [6, 6.07) is 11.6. The van der Waals surface area contributed by atoms with Crippen molar-refractivity contribution in [3.05, 3.63) is 69.7 Å². The predicted molar refractivity (Wildman–Crippen MR) is 80.9 cm³/mol. The molecule has 1 unspecified atom stereocenters. The molecule has 0 saturated heterocycles. The molecule has 0 aliphatic carbocycles. The summed E-state index contributed by atoms with van der Waals surface area (Å²) in [7, 11) is 1.87. The van der Waals surface area contributed by atoms with Gasteiger partial charge >= 0.3 is 0 Å². The van der Waals surface area contributed by atoms with Crippen molar-refractivity contribution in [1.29, 1.82) is 0 Å². The number of likely N-dealkylation sites (N-methyl/N-ethyl adjacent to an activating group) is 1. The molecule has 0 amide bonds. The van der Waals surface area contributed by atoms with Crippen molar-refractivity contribution in [3.8, 4) is 0 Å². The highest BCUT2D eigenvalue weighted by molar-refractivity contribution is 9.10. The Bertz CT molecular complexity index is 586. The van der Waals surface area contributed by atoms with Crippen LogP contribution < -0.4 is 5.32 Å². The van der Waals surface area contributed by atoms with Crippen molar-refractivity contribution >= 4 is 15.9 Å². The van der Waals surface area contributed by atoms with E-state index < -0.39 is 0 Å². The van der Waals surface area contributed by atoms with Crippen LogP contribution in [0, 0.1) is 11.6 Å². The first-order chi connectivity index (χ1) is 9.60. The molecule has 1 atom stereocenters. The molecule has 2 rings (SSSR count). The highest BCUT2D eigenvalue weighted by atomic mass is 79.9. The van der Waals surface area contributed by atoms with Gasteiger partial charge in [-0.05, 0) is 64.8 Å². The molecule has 0 bridgehead atoms. The van der Waals surface area contributed by atoms with Crippen LogP contribution in [0.3, 0.4) is 0 Å². The zero-order valence-corrected chi connectivity index (χ0v) is 12.8. The Balaban J connectivity index is 2.22. The van der Waals surface area contributed by atoms with E-state index in [0.717, 1.165) is 24.1 Å². The van der Waals surface area contributed by atoms with Crippen LogP contribution in [-0.4, -0.2) is 13.6 Å². The number of hydrogen-bond acceptors (Lipinski definition) is 1. The molecule has 20 heavy (non-hydrogen) atoms.